The molecule has 1 unspecified atom stereocenters. The van der Waals surface area contributed by atoms with E-state index in [0.29, 0.717) is 22.2 Å². The fourth-order valence-electron chi connectivity index (χ4n) is 5.04. The van der Waals surface area contributed by atoms with E-state index >= 15 is 0 Å². The minimum atomic E-state index is -1.19. The van der Waals surface area contributed by atoms with Crippen molar-refractivity contribution >= 4 is 57.5 Å². The highest BCUT2D eigenvalue weighted by Gasteiger charge is 2.30. The monoisotopic (exact) mass is 600 g/mol. The molecule has 1 aliphatic rings. The third kappa shape index (κ3) is 6.56. The summed E-state index contributed by atoms with van der Waals surface area (Å²) in [6, 6.07) is 23.3. The van der Waals surface area contributed by atoms with Crippen LogP contribution in [-0.4, -0.2) is 41.7 Å². The van der Waals surface area contributed by atoms with Crippen molar-refractivity contribution in [2.75, 3.05) is 23.5 Å². The number of carboxylic acid groups (broad SMARTS) is 1. The number of hydrogen-bond acceptors (Lipinski definition) is 7. The van der Waals surface area contributed by atoms with Crippen LogP contribution in [0.1, 0.15) is 59.4 Å². The van der Waals surface area contributed by atoms with Gasteiger partial charge in [0.2, 0.25) is 5.91 Å². The van der Waals surface area contributed by atoms with Crippen molar-refractivity contribution in [2.45, 2.75) is 30.1 Å². The van der Waals surface area contributed by atoms with Gasteiger partial charge in [0.1, 0.15) is 5.00 Å². The minimum absolute atomic E-state index is 0.0533. The number of esters is 1. The third-order valence-electron chi connectivity index (χ3n) is 7.04. The molecule has 0 fully saturated rings. The Bertz CT molecular complexity index is 1650. The Hall–Kier alpha value is -4.41. The summed E-state index contributed by atoms with van der Waals surface area (Å²) in [6.45, 7) is 0. The molecule has 2 amide bonds. The Kier molecular flexibility index (Phi) is 9.04. The second-order valence-corrected chi connectivity index (χ2v) is 11.9. The predicted octanol–water partition coefficient (Wildman–Crippen LogP) is 6.49. The first kappa shape index (κ1) is 29.1. The van der Waals surface area contributed by atoms with Gasteiger partial charge in [-0.25, -0.2) is 9.59 Å². The average molecular weight is 601 g/mol. The Morgan fingerprint density at radius 2 is 1.69 bits per heavy atom. The highest BCUT2D eigenvalue weighted by molar-refractivity contribution is 8.00. The van der Waals surface area contributed by atoms with Gasteiger partial charge >= 0.3 is 11.9 Å². The Morgan fingerprint density at radius 3 is 2.43 bits per heavy atom. The zero-order chi connectivity index (χ0) is 29.6. The summed E-state index contributed by atoms with van der Waals surface area (Å²) in [5.41, 5.74) is 3.09. The number of carbonyl (C=O) groups excluding carboxylic acids is 3. The highest BCUT2D eigenvalue weighted by Crippen LogP contribution is 2.43. The van der Waals surface area contributed by atoms with Crippen LogP contribution in [0.5, 0.6) is 0 Å². The van der Waals surface area contributed by atoms with Crippen LogP contribution in [0.15, 0.2) is 83.8 Å². The Morgan fingerprint density at radius 1 is 0.952 bits per heavy atom. The summed E-state index contributed by atoms with van der Waals surface area (Å²) in [5, 5.41) is 15.5. The molecule has 0 saturated heterocycles. The van der Waals surface area contributed by atoms with Crippen molar-refractivity contribution in [1.82, 2.24) is 0 Å². The molecule has 1 atom stereocenters. The molecule has 0 spiro atoms. The first-order valence-corrected chi connectivity index (χ1v) is 15.1. The lowest BCUT2D eigenvalue weighted by atomic mass is 9.83. The molecular formula is C32H28N2O6S2. The number of ether oxygens (including phenoxy) is 1. The molecular weight excluding hydrogens is 572 g/mol. The molecule has 214 valence electrons. The van der Waals surface area contributed by atoms with E-state index in [1.165, 1.54) is 47.9 Å². The fourth-order valence-corrected chi connectivity index (χ4v) is 7.13. The first-order valence-electron chi connectivity index (χ1n) is 13.3. The number of amides is 2. The molecule has 1 heterocycles. The van der Waals surface area contributed by atoms with E-state index in [9.17, 15) is 24.3 Å². The molecule has 3 aromatic carbocycles. The van der Waals surface area contributed by atoms with E-state index in [-0.39, 0.29) is 22.8 Å². The number of fused-ring (bicyclic) bond motifs is 1. The lowest BCUT2D eigenvalue weighted by Crippen LogP contribution is -2.17. The molecule has 0 radical (unpaired) electrons. The molecule has 4 aromatic rings. The number of rotatable bonds is 9. The number of benzene rings is 3. The Labute approximate surface area is 251 Å². The number of carboxylic acids is 1. The fraction of sp³-hybridized carbons (Fsp3) is 0.188. The normalized spacial score (nSPS) is 14.0. The maximum atomic E-state index is 13.0. The molecule has 0 aliphatic heterocycles. The van der Waals surface area contributed by atoms with Crippen molar-refractivity contribution in [1.29, 1.82) is 0 Å². The van der Waals surface area contributed by atoms with Crippen molar-refractivity contribution in [3.8, 4) is 0 Å². The summed E-state index contributed by atoms with van der Waals surface area (Å²) >= 11 is 2.71. The van der Waals surface area contributed by atoms with E-state index in [2.05, 4.69) is 22.8 Å². The maximum Gasteiger partial charge on any atom is 0.341 e. The van der Waals surface area contributed by atoms with Crippen LogP contribution < -0.4 is 10.6 Å². The van der Waals surface area contributed by atoms with Crippen LogP contribution in [0.3, 0.4) is 0 Å². The molecule has 10 heteroatoms. The lowest BCUT2D eigenvalue weighted by molar-refractivity contribution is -0.113. The number of hydrogen-bond donors (Lipinski definition) is 3. The van der Waals surface area contributed by atoms with E-state index in [0.717, 1.165) is 34.6 Å². The van der Waals surface area contributed by atoms with E-state index < -0.39 is 17.8 Å². The molecule has 1 aromatic heterocycles. The van der Waals surface area contributed by atoms with Crippen molar-refractivity contribution in [2.24, 2.45) is 0 Å². The van der Waals surface area contributed by atoms with Gasteiger partial charge in [0.25, 0.3) is 5.91 Å². The van der Waals surface area contributed by atoms with Crippen LogP contribution in [-0.2, 0) is 22.4 Å². The second-order valence-electron chi connectivity index (χ2n) is 9.72. The number of aromatic carboxylic acids is 1. The van der Waals surface area contributed by atoms with Crippen molar-refractivity contribution in [3.05, 3.63) is 112 Å². The summed E-state index contributed by atoms with van der Waals surface area (Å²) in [7, 11) is 1.34. The molecule has 42 heavy (non-hydrogen) atoms. The van der Waals surface area contributed by atoms with Gasteiger partial charge in [-0.1, -0.05) is 48.5 Å². The van der Waals surface area contributed by atoms with Gasteiger partial charge in [0, 0.05) is 15.5 Å². The van der Waals surface area contributed by atoms with Gasteiger partial charge in [-0.15, -0.1) is 23.1 Å². The smallest absolute Gasteiger partial charge is 0.341 e. The molecule has 0 saturated carbocycles. The standard InChI is InChI=1S/C32H28N2O6S2/c1-40-32(39)28-25-15-14-20(19-8-3-2-4-9-19)16-26(25)42-30(28)34-27(35)18-41-22-11-7-10-21(17-22)33-29(36)23-12-5-6-13-24(23)31(37)38/h2-13,17,20H,14-16,18H2,1H3,(H,33,36)(H,34,35)(H,37,38). The SMILES string of the molecule is COC(=O)c1c(NC(=O)CSc2cccc(NC(=O)c3ccccc3C(=O)O)c2)sc2c1CCC(c1ccccc1)C2. The second kappa shape index (κ2) is 13.1. The highest BCUT2D eigenvalue weighted by atomic mass is 32.2. The third-order valence-corrected chi connectivity index (χ3v) is 9.21. The predicted molar refractivity (Wildman–Crippen MR) is 164 cm³/mol. The quantitative estimate of drug-likeness (QED) is 0.148. The average Bonchev–Trinajstić information content (AvgIpc) is 3.37. The van der Waals surface area contributed by atoms with Crippen molar-refractivity contribution < 1.29 is 29.0 Å². The lowest BCUT2D eigenvalue weighted by Gasteiger charge is -2.22. The van der Waals surface area contributed by atoms with E-state index in [1.807, 2.05) is 24.3 Å². The van der Waals surface area contributed by atoms with Crippen LogP contribution in [0.25, 0.3) is 0 Å². The number of thioether (sulfide) groups is 1. The maximum absolute atomic E-state index is 13.0. The van der Waals surface area contributed by atoms with Gasteiger partial charge in [-0.05, 0) is 66.6 Å². The van der Waals surface area contributed by atoms with Gasteiger partial charge in [0.05, 0.1) is 29.6 Å². The summed E-state index contributed by atoms with van der Waals surface area (Å²) < 4.78 is 5.07. The van der Waals surface area contributed by atoms with Crippen LogP contribution in [0.2, 0.25) is 0 Å². The van der Waals surface area contributed by atoms with Crippen LogP contribution >= 0.6 is 23.1 Å². The molecule has 1 aliphatic carbocycles. The number of anilines is 2. The molecule has 0 bridgehead atoms. The topological polar surface area (TPSA) is 122 Å². The number of carbonyl (C=O) groups is 4. The number of methoxy groups -OCH3 is 1. The summed E-state index contributed by atoms with van der Waals surface area (Å²) in [5.74, 6) is -2.02. The van der Waals surface area contributed by atoms with Crippen molar-refractivity contribution in [3.63, 3.8) is 0 Å². The molecule has 3 N–H and O–H groups in total. The van der Waals surface area contributed by atoms with Gasteiger partial charge in [-0.3, -0.25) is 9.59 Å². The zero-order valence-corrected chi connectivity index (χ0v) is 24.3. The van der Waals surface area contributed by atoms with Crippen LogP contribution in [0, 0.1) is 0 Å². The largest absolute Gasteiger partial charge is 0.478 e. The minimum Gasteiger partial charge on any atom is -0.478 e. The summed E-state index contributed by atoms with van der Waals surface area (Å²) in [6.07, 6.45) is 2.44. The Balaban J connectivity index is 1.25. The first-order chi connectivity index (χ1) is 20.3. The number of nitrogens with one attached hydrogen (secondary N) is 2. The van der Waals surface area contributed by atoms with E-state index in [4.69, 9.17) is 4.74 Å². The van der Waals surface area contributed by atoms with E-state index in [1.54, 1.807) is 30.3 Å². The molecule has 5 rings (SSSR count). The summed E-state index contributed by atoms with van der Waals surface area (Å²) in [4.78, 5) is 51.8. The zero-order valence-electron chi connectivity index (χ0n) is 22.7. The molecule has 8 nitrogen and oxygen atoms in total. The van der Waals surface area contributed by atoms with Gasteiger partial charge in [0.15, 0.2) is 0 Å². The van der Waals surface area contributed by atoms with Gasteiger partial charge < -0.3 is 20.5 Å². The van der Waals surface area contributed by atoms with Gasteiger partial charge in [-0.2, -0.15) is 0 Å². The van der Waals surface area contributed by atoms with Crippen LogP contribution in [0.4, 0.5) is 10.7 Å². The number of thiophene rings is 1.